The number of ether oxygens (including phenoxy) is 3. The Morgan fingerprint density at radius 1 is 0.625 bits per heavy atom. The molecule has 6 nitrogen and oxygen atoms in total. The standard InChI is InChI=1S/C40H38O6S2/c1-39(2,43)25-40(3,4)46-32(23-44-30-17-15-28-19-33(26-11-7-5-8-12-26)37(41)47-35(28)21-30)24-45-31-18-16-29-20-34(27-13-9-6-10-14-27)38(42)48-36(29)22-31/h5-22,32,43H,23-25H2,1-4H3. The van der Waals surface area contributed by atoms with Gasteiger partial charge in [-0.1, -0.05) is 83.3 Å². The van der Waals surface area contributed by atoms with Crippen LogP contribution in [0.3, 0.4) is 0 Å². The van der Waals surface area contributed by atoms with E-state index in [1.807, 2.05) is 123 Å². The maximum atomic E-state index is 13.0. The van der Waals surface area contributed by atoms with Crippen LogP contribution in [-0.4, -0.2) is 35.6 Å². The Balaban J connectivity index is 1.20. The van der Waals surface area contributed by atoms with E-state index in [4.69, 9.17) is 14.2 Å². The van der Waals surface area contributed by atoms with Crippen molar-refractivity contribution in [3.8, 4) is 33.8 Å². The molecule has 0 saturated carbocycles. The summed E-state index contributed by atoms with van der Waals surface area (Å²) in [6.07, 6.45) is -0.0927. The molecule has 0 fully saturated rings. The number of aliphatic hydroxyl groups is 1. The molecule has 0 atom stereocenters. The molecule has 0 radical (unpaired) electrons. The van der Waals surface area contributed by atoms with E-state index in [2.05, 4.69) is 0 Å². The van der Waals surface area contributed by atoms with Crippen LogP contribution in [0.25, 0.3) is 42.4 Å². The van der Waals surface area contributed by atoms with E-state index in [0.29, 0.717) is 29.0 Å². The summed E-state index contributed by atoms with van der Waals surface area (Å²) in [5, 5.41) is 12.4. The number of hydrogen-bond donors (Lipinski definition) is 1. The highest BCUT2D eigenvalue weighted by molar-refractivity contribution is 7.16. The molecule has 6 rings (SSSR count). The first kappa shape index (κ1) is 33.6. The van der Waals surface area contributed by atoms with Crippen molar-refractivity contribution in [3.05, 3.63) is 128 Å². The molecule has 0 saturated heterocycles. The predicted molar refractivity (Wildman–Crippen MR) is 198 cm³/mol. The van der Waals surface area contributed by atoms with Crippen LogP contribution in [0.2, 0.25) is 0 Å². The predicted octanol–water partition coefficient (Wildman–Crippen LogP) is 8.95. The highest BCUT2D eigenvalue weighted by Gasteiger charge is 2.31. The van der Waals surface area contributed by atoms with E-state index < -0.39 is 17.3 Å². The maximum Gasteiger partial charge on any atom is 0.240 e. The maximum absolute atomic E-state index is 13.0. The van der Waals surface area contributed by atoms with Crippen LogP contribution in [0.1, 0.15) is 34.1 Å². The molecular formula is C40H38O6S2. The fraction of sp³-hybridized carbons (Fsp3) is 0.250. The average Bonchev–Trinajstić information content (AvgIpc) is 3.04. The minimum Gasteiger partial charge on any atom is -0.491 e. The average molecular weight is 679 g/mol. The summed E-state index contributed by atoms with van der Waals surface area (Å²) in [5.41, 5.74) is 1.54. The van der Waals surface area contributed by atoms with Crippen LogP contribution >= 0.6 is 22.7 Å². The van der Waals surface area contributed by atoms with Crippen LogP contribution < -0.4 is 19.0 Å². The molecule has 0 bridgehead atoms. The quantitative estimate of drug-likeness (QED) is 0.139. The summed E-state index contributed by atoms with van der Waals surface area (Å²) in [7, 11) is 0. The fourth-order valence-electron chi connectivity index (χ4n) is 6.03. The molecule has 246 valence electrons. The molecule has 0 aliphatic heterocycles. The van der Waals surface area contributed by atoms with Gasteiger partial charge in [0.1, 0.15) is 30.8 Å². The minimum atomic E-state index is -0.932. The summed E-state index contributed by atoms with van der Waals surface area (Å²) >= 11 is 2.39. The van der Waals surface area contributed by atoms with E-state index in [1.165, 1.54) is 22.7 Å². The summed E-state index contributed by atoms with van der Waals surface area (Å²) in [4.78, 5) is 26.0. The summed E-state index contributed by atoms with van der Waals surface area (Å²) < 4.78 is 20.6. The van der Waals surface area contributed by atoms with Gasteiger partial charge in [-0.3, -0.25) is 9.59 Å². The van der Waals surface area contributed by atoms with E-state index in [0.717, 1.165) is 31.3 Å². The zero-order chi connectivity index (χ0) is 33.9. The van der Waals surface area contributed by atoms with Crippen LogP contribution in [0.5, 0.6) is 11.5 Å². The van der Waals surface area contributed by atoms with Gasteiger partial charge < -0.3 is 19.3 Å². The van der Waals surface area contributed by atoms with Crippen LogP contribution in [0.15, 0.2) is 119 Å². The van der Waals surface area contributed by atoms with Crippen LogP contribution in [0.4, 0.5) is 0 Å². The van der Waals surface area contributed by atoms with Crippen molar-refractivity contribution < 1.29 is 19.3 Å². The van der Waals surface area contributed by atoms with Gasteiger partial charge in [-0.25, -0.2) is 0 Å². The third kappa shape index (κ3) is 8.38. The lowest BCUT2D eigenvalue weighted by Crippen LogP contribution is -2.42. The SMILES string of the molecule is CC(C)(O)CC(C)(C)OC(COc1ccc2cc(-c3ccccc3)c(=O)sc2c1)COc1ccc2cc(-c3ccccc3)c(=O)sc2c1. The first-order valence-electron chi connectivity index (χ1n) is 15.8. The lowest BCUT2D eigenvalue weighted by molar-refractivity contribution is -0.128. The minimum absolute atomic E-state index is 0.00878. The fourth-order valence-corrected chi connectivity index (χ4v) is 7.84. The summed E-state index contributed by atoms with van der Waals surface area (Å²) in [6.45, 7) is 7.75. The monoisotopic (exact) mass is 678 g/mol. The third-order valence-electron chi connectivity index (χ3n) is 7.80. The van der Waals surface area contributed by atoms with E-state index in [-0.39, 0.29) is 22.7 Å². The summed E-state index contributed by atoms with van der Waals surface area (Å²) in [5.74, 6) is 1.23. The lowest BCUT2D eigenvalue weighted by Gasteiger charge is -2.35. The van der Waals surface area contributed by atoms with Gasteiger partial charge in [0.2, 0.25) is 9.48 Å². The Labute approximate surface area is 287 Å². The van der Waals surface area contributed by atoms with Gasteiger partial charge in [0.15, 0.2) is 0 Å². The van der Waals surface area contributed by atoms with Crippen molar-refractivity contribution >= 4 is 42.8 Å². The largest absolute Gasteiger partial charge is 0.491 e. The Morgan fingerprint density at radius 2 is 1.06 bits per heavy atom. The number of fused-ring (bicyclic) bond motifs is 2. The molecule has 0 aliphatic rings. The second kappa shape index (κ2) is 14.0. The smallest absolute Gasteiger partial charge is 0.240 e. The third-order valence-corrected chi connectivity index (χ3v) is 9.76. The molecule has 6 aromatic rings. The molecule has 0 spiro atoms. The zero-order valence-electron chi connectivity index (χ0n) is 27.4. The number of rotatable bonds is 12. The Kier molecular flexibility index (Phi) is 9.80. The zero-order valence-corrected chi connectivity index (χ0v) is 29.0. The van der Waals surface area contributed by atoms with E-state index >= 15 is 0 Å². The second-order valence-electron chi connectivity index (χ2n) is 13.1. The van der Waals surface area contributed by atoms with Gasteiger partial charge in [-0.15, -0.1) is 0 Å². The van der Waals surface area contributed by atoms with Crippen molar-refractivity contribution in [2.24, 2.45) is 0 Å². The first-order valence-corrected chi connectivity index (χ1v) is 17.5. The molecule has 2 aromatic heterocycles. The van der Waals surface area contributed by atoms with Gasteiger partial charge in [0.25, 0.3) is 0 Å². The van der Waals surface area contributed by atoms with Crippen LogP contribution in [0, 0.1) is 0 Å². The molecule has 0 unspecified atom stereocenters. The topological polar surface area (TPSA) is 82.1 Å². The van der Waals surface area contributed by atoms with Gasteiger partial charge in [0, 0.05) is 26.9 Å². The Bertz CT molecular complexity index is 2010. The van der Waals surface area contributed by atoms with Crippen molar-refractivity contribution in [2.45, 2.75) is 51.4 Å². The number of benzene rings is 4. The molecule has 0 amide bonds. The Morgan fingerprint density at radius 3 is 1.48 bits per heavy atom. The van der Waals surface area contributed by atoms with Crippen molar-refractivity contribution in [3.63, 3.8) is 0 Å². The molecule has 4 aromatic carbocycles. The molecule has 1 N–H and O–H groups in total. The molecular weight excluding hydrogens is 641 g/mol. The first-order chi connectivity index (χ1) is 22.9. The highest BCUT2D eigenvalue weighted by atomic mass is 32.1. The Hall–Kier alpha value is -4.34. The lowest BCUT2D eigenvalue weighted by atomic mass is 9.92. The van der Waals surface area contributed by atoms with Gasteiger partial charge in [-0.05, 0) is 98.1 Å². The number of hydrogen-bond acceptors (Lipinski definition) is 8. The van der Waals surface area contributed by atoms with Crippen LogP contribution in [-0.2, 0) is 4.74 Å². The molecule has 0 aliphatic carbocycles. The van der Waals surface area contributed by atoms with Gasteiger partial charge in [-0.2, -0.15) is 0 Å². The normalized spacial score (nSPS) is 12.1. The van der Waals surface area contributed by atoms with Crippen molar-refractivity contribution in [1.29, 1.82) is 0 Å². The van der Waals surface area contributed by atoms with E-state index in [9.17, 15) is 14.7 Å². The second-order valence-corrected chi connectivity index (χ2v) is 15.2. The van der Waals surface area contributed by atoms with Gasteiger partial charge >= 0.3 is 0 Å². The van der Waals surface area contributed by atoms with Crippen molar-refractivity contribution in [1.82, 2.24) is 0 Å². The molecule has 8 heteroatoms. The highest BCUT2D eigenvalue weighted by Crippen LogP contribution is 2.30. The molecule has 48 heavy (non-hydrogen) atoms. The molecule has 2 heterocycles. The van der Waals surface area contributed by atoms with E-state index in [1.54, 1.807) is 13.8 Å². The van der Waals surface area contributed by atoms with Crippen molar-refractivity contribution in [2.75, 3.05) is 13.2 Å². The summed E-state index contributed by atoms with van der Waals surface area (Å²) in [6, 6.07) is 34.6. The van der Waals surface area contributed by atoms with Gasteiger partial charge in [0.05, 0.1) is 11.2 Å².